The van der Waals surface area contributed by atoms with Crippen LogP contribution in [0.2, 0.25) is 0 Å². The molecule has 29 heavy (non-hydrogen) atoms. The number of nitrogens with zero attached hydrogens (tertiary/aromatic N) is 3. The van der Waals surface area contributed by atoms with Gasteiger partial charge in [0.05, 0.1) is 6.10 Å². The number of piperazine rings is 1. The molecule has 1 fully saturated rings. The molecular formula is C22H27N3O4. The zero-order chi connectivity index (χ0) is 20.8. The highest BCUT2D eigenvalue weighted by Gasteiger charge is 2.23. The van der Waals surface area contributed by atoms with Gasteiger partial charge in [-0.1, -0.05) is 12.1 Å². The first-order valence-electron chi connectivity index (χ1n) is 9.83. The lowest BCUT2D eigenvalue weighted by Crippen LogP contribution is -2.46. The number of carbonyl (C=O) groups excluding carboxylic acids is 2. The first-order chi connectivity index (χ1) is 13.9. The molecular weight excluding hydrogens is 370 g/mol. The van der Waals surface area contributed by atoms with Crippen LogP contribution in [0.5, 0.6) is 5.75 Å². The highest BCUT2D eigenvalue weighted by Crippen LogP contribution is 2.22. The van der Waals surface area contributed by atoms with Gasteiger partial charge >= 0.3 is 11.9 Å². The lowest BCUT2D eigenvalue weighted by atomic mass is 10.1. The van der Waals surface area contributed by atoms with Crippen LogP contribution in [0, 0.1) is 0 Å². The Bertz CT molecular complexity index is 861. The van der Waals surface area contributed by atoms with Crippen LogP contribution in [0.4, 0.5) is 5.82 Å². The Balaban J connectivity index is 1.62. The summed E-state index contributed by atoms with van der Waals surface area (Å²) >= 11 is 0. The average molecular weight is 397 g/mol. The molecule has 0 amide bonds. The molecule has 1 aliphatic rings. The second-order valence-electron chi connectivity index (χ2n) is 7.33. The summed E-state index contributed by atoms with van der Waals surface area (Å²) in [5.74, 6) is 0.579. The van der Waals surface area contributed by atoms with Gasteiger partial charge in [0.25, 0.3) is 0 Å². The molecule has 1 aliphatic heterocycles. The van der Waals surface area contributed by atoms with Crippen molar-refractivity contribution in [1.82, 2.24) is 9.88 Å². The number of hydrogen-bond donors (Lipinski definition) is 0. The maximum atomic E-state index is 12.4. The minimum atomic E-state index is -0.340. The van der Waals surface area contributed by atoms with E-state index < -0.39 is 0 Å². The quantitative estimate of drug-likeness (QED) is 0.548. The van der Waals surface area contributed by atoms with E-state index in [0.717, 1.165) is 38.3 Å². The van der Waals surface area contributed by atoms with Crippen LogP contribution in [0.25, 0.3) is 0 Å². The second kappa shape index (κ2) is 9.52. The molecule has 0 spiro atoms. The molecule has 0 saturated carbocycles. The maximum Gasteiger partial charge on any atom is 0.342 e. The van der Waals surface area contributed by atoms with E-state index >= 15 is 0 Å². The fraction of sp³-hybridized carbons (Fsp3) is 0.409. The zero-order valence-corrected chi connectivity index (χ0v) is 17.1. The van der Waals surface area contributed by atoms with Gasteiger partial charge in [-0.3, -0.25) is 9.69 Å². The van der Waals surface area contributed by atoms with Crippen molar-refractivity contribution in [2.75, 3.05) is 31.1 Å². The van der Waals surface area contributed by atoms with Gasteiger partial charge < -0.3 is 14.4 Å². The number of aromatic nitrogens is 1. The predicted octanol–water partition coefficient (Wildman–Crippen LogP) is 2.89. The summed E-state index contributed by atoms with van der Waals surface area (Å²) in [7, 11) is 0. The molecule has 1 aromatic heterocycles. The summed E-state index contributed by atoms with van der Waals surface area (Å²) in [5, 5.41) is 0. The van der Waals surface area contributed by atoms with Gasteiger partial charge in [-0.05, 0) is 43.7 Å². The molecule has 7 nitrogen and oxygen atoms in total. The van der Waals surface area contributed by atoms with Crippen molar-refractivity contribution in [3.63, 3.8) is 0 Å². The van der Waals surface area contributed by atoms with Crippen molar-refractivity contribution in [2.45, 2.75) is 33.4 Å². The molecule has 154 valence electrons. The number of ether oxygens (including phenoxy) is 2. The topological polar surface area (TPSA) is 72.0 Å². The molecule has 7 heteroatoms. The summed E-state index contributed by atoms with van der Waals surface area (Å²) in [4.78, 5) is 32.4. The third kappa shape index (κ3) is 5.77. The summed E-state index contributed by atoms with van der Waals surface area (Å²) in [6.45, 7) is 9.06. The van der Waals surface area contributed by atoms with Crippen LogP contribution in [0.15, 0.2) is 42.6 Å². The molecule has 2 aromatic rings. The van der Waals surface area contributed by atoms with Crippen molar-refractivity contribution in [3.05, 3.63) is 53.7 Å². The highest BCUT2D eigenvalue weighted by molar-refractivity contribution is 5.94. The van der Waals surface area contributed by atoms with Gasteiger partial charge in [0.2, 0.25) is 0 Å². The van der Waals surface area contributed by atoms with Gasteiger partial charge in [0, 0.05) is 45.8 Å². The van der Waals surface area contributed by atoms with E-state index in [1.807, 2.05) is 32.0 Å². The van der Waals surface area contributed by atoms with Crippen LogP contribution in [0.3, 0.4) is 0 Å². The monoisotopic (exact) mass is 397 g/mol. The number of rotatable bonds is 6. The van der Waals surface area contributed by atoms with Crippen molar-refractivity contribution in [2.24, 2.45) is 0 Å². The van der Waals surface area contributed by atoms with Gasteiger partial charge in [-0.2, -0.15) is 0 Å². The number of pyridine rings is 1. The van der Waals surface area contributed by atoms with Gasteiger partial charge in [-0.25, -0.2) is 9.78 Å². The molecule has 0 aliphatic carbocycles. The third-order valence-corrected chi connectivity index (χ3v) is 4.59. The second-order valence-corrected chi connectivity index (χ2v) is 7.33. The van der Waals surface area contributed by atoms with E-state index in [-0.39, 0.29) is 18.0 Å². The van der Waals surface area contributed by atoms with E-state index in [9.17, 15) is 9.59 Å². The first-order valence-corrected chi connectivity index (χ1v) is 9.83. The van der Waals surface area contributed by atoms with Gasteiger partial charge in [-0.15, -0.1) is 0 Å². The van der Waals surface area contributed by atoms with Crippen LogP contribution < -0.4 is 9.64 Å². The molecule has 1 aromatic carbocycles. The van der Waals surface area contributed by atoms with E-state index in [1.54, 1.807) is 24.4 Å². The summed E-state index contributed by atoms with van der Waals surface area (Å²) in [6, 6.07) is 11.1. The number of anilines is 1. The maximum absolute atomic E-state index is 12.4. The SMILES string of the molecule is CC(=O)Oc1cccc(CN2CCN(c3ncccc3C(=O)OC(C)C)CC2)c1. The van der Waals surface area contributed by atoms with Crippen molar-refractivity contribution >= 4 is 17.8 Å². The van der Waals surface area contributed by atoms with Crippen LogP contribution in [0.1, 0.15) is 36.7 Å². The van der Waals surface area contributed by atoms with E-state index in [1.165, 1.54) is 6.92 Å². The number of benzene rings is 1. The van der Waals surface area contributed by atoms with Crippen molar-refractivity contribution in [3.8, 4) is 5.75 Å². The number of carbonyl (C=O) groups is 2. The third-order valence-electron chi connectivity index (χ3n) is 4.59. The Morgan fingerprint density at radius 1 is 1.10 bits per heavy atom. The zero-order valence-electron chi connectivity index (χ0n) is 17.1. The molecule has 0 N–H and O–H groups in total. The van der Waals surface area contributed by atoms with Crippen LogP contribution in [-0.4, -0.2) is 54.1 Å². The Morgan fingerprint density at radius 2 is 1.86 bits per heavy atom. The largest absolute Gasteiger partial charge is 0.459 e. The molecule has 3 rings (SSSR count). The molecule has 0 radical (unpaired) electrons. The van der Waals surface area contributed by atoms with E-state index in [2.05, 4.69) is 14.8 Å². The fourth-order valence-corrected chi connectivity index (χ4v) is 3.34. The number of hydrogen-bond acceptors (Lipinski definition) is 7. The van der Waals surface area contributed by atoms with Gasteiger partial charge in [0.15, 0.2) is 0 Å². The smallest absolute Gasteiger partial charge is 0.342 e. The molecule has 0 atom stereocenters. The lowest BCUT2D eigenvalue weighted by Gasteiger charge is -2.36. The average Bonchev–Trinajstić information content (AvgIpc) is 2.68. The minimum Gasteiger partial charge on any atom is -0.459 e. The first kappa shape index (κ1) is 20.8. The number of esters is 2. The predicted molar refractivity (Wildman–Crippen MR) is 110 cm³/mol. The molecule has 0 unspecified atom stereocenters. The minimum absolute atomic E-state index is 0.171. The van der Waals surface area contributed by atoms with Gasteiger partial charge in [0.1, 0.15) is 17.1 Å². The van der Waals surface area contributed by atoms with Crippen LogP contribution in [-0.2, 0) is 16.1 Å². The Labute approximate surface area is 171 Å². The highest BCUT2D eigenvalue weighted by atomic mass is 16.5. The fourth-order valence-electron chi connectivity index (χ4n) is 3.34. The van der Waals surface area contributed by atoms with Crippen LogP contribution >= 0.6 is 0 Å². The Morgan fingerprint density at radius 3 is 2.55 bits per heavy atom. The lowest BCUT2D eigenvalue weighted by molar-refractivity contribution is -0.131. The van der Waals surface area contributed by atoms with E-state index in [4.69, 9.17) is 9.47 Å². The van der Waals surface area contributed by atoms with Crippen molar-refractivity contribution < 1.29 is 19.1 Å². The standard InChI is InChI=1S/C22H27N3O4/c1-16(2)28-22(27)20-8-5-9-23-21(20)25-12-10-24(11-13-25)15-18-6-4-7-19(14-18)29-17(3)26/h4-9,14,16H,10-13,15H2,1-3H3. The Kier molecular flexibility index (Phi) is 6.82. The summed E-state index contributed by atoms with van der Waals surface area (Å²) in [6.07, 6.45) is 1.53. The molecule has 2 heterocycles. The Hall–Kier alpha value is -2.93. The normalized spacial score (nSPS) is 14.7. The molecule has 0 bridgehead atoms. The molecule has 1 saturated heterocycles. The summed E-state index contributed by atoms with van der Waals surface area (Å²) in [5.41, 5.74) is 1.60. The summed E-state index contributed by atoms with van der Waals surface area (Å²) < 4.78 is 10.5. The van der Waals surface area contributed by atoms with E-state index in [0.29, 0.717) is 17.1 Å². The van der Waals surface area contributed by atoms with Crippen molar-refractivity contribution in [1.29, 1.82) is 0 Å².